The van der Waals surface area contributed by atoms with Crippen molar-refractivity contribution in [2.75, 3.05) is 42.5 Å². The average Bonchev–Trinajstić information content (AvgIpc) is 3.33. The van der Waals surface area contributed by atoms with Crippen LogP contribution >= 0.6 is 0 Å². The highest BCUT2D eigenvalue weighted by atomic mass is 19.4. The van der Waals surface area contributed by atoms with Gasteiger partial charge in [0.05, 0.1) is 29.8 Å². The van der Waals surface area contributed by atoms with Crippen LogP contribution in [0.25, 0.3) is 0 Å². The molecule has 3 aromatic rings. The van der Waals surface area contributed by atoms with Crippen LogP contribution in [0.15, 0.2) is 71.8 Å². The molecular weight excluding hydrogens is 573 g/mol. The zero-order valence-electron chi connectivity index (χ0n) is 23.6. The Bertz CT molecular complexity index is 1510. The van der Waals surface area contributed by atoms with Crippen LogP contribution in [-0.4, -0.2) is 62.5 Å². The van der Waals surface area contributed by atoms with E-state index in [0.29, 0.717) is 11.1 Å². The minimum absolute atomic E-state index is 0.00138. The minimum atomic E-state index is -4.65. The topological polar surface area (TPSA) is 88.5 Å². The summed E-state index contributed by atoms with van der Waals surface area (Å²) in [6.45, 7) is 0.00138. The number of nitrogens with zero attached hydrogens (tertiary/aromatic N) is 4. The molecule has 1 aliphatic heterocycles. The van der Waals surface area contributed by atoms with Crippen LogP contribution in [0, 0.1) is 11.6 Å². The molecule has 0 bridgehead atoms. The Hall–Kier alpha value is -4.52. The molecule has 0 radical (unpaired) electrons. The summed E-state index contributed by atoms with van der Waals surface area (Å²) in [5.41, 5.74) is 0.377. The predicted molar refractivity (Wildman–Crippen MR) is 153 cm³/mol. The summed E-state index contributed by atoms with van der Waals surface area (Å²) >= 11 is 0. The van der Waals surface area contributed by atoms with Gasteiger partial charge in [-0.2, -0.15) is 23.3 Å². The molecule has 228 valence electrons. The van der Waals surface area contributed by atoms with Gasteiger partial charge in [0.2, 0.25) is 0 Å². The minimum Gasteiger partial charge on any atom is -0.389 e. The maximum Gasteiger partial charge on any atom is 0.416 e. The number of carbonyl (C=O) groups is 2. The molecule has 8 nitrogen and oxygen atoms in total. The van der Waals surface area contributed by atoms with E-state index in [2.05, 4.69) is 10.4 Å². The molecule has 0 unspecified atom stereocenters. The summed E-state index contributed by atoms with van der Waals surface area (Å²) in [5.74, 6) is -3.26. The van der Waals surface area contributed by atoms with Gasteiger partial charge in [0.15, 0.2) is 0 Å². The van der Waals surface area contributed by atoms with Crippen molar-refractivity contribution in [1.29, 1.82) is 0 Å². The van der Waals surface area contributed by atoms with Gasteiger partial charge in [0.25, 0.3) is 11.8 Å². The zero-order chi connectivity index (χ0) is 31.5. The number of hydrogen-bond acceptors (Lipinski definition) is 6. The molecule has 3 aromatic carbocycles. The maximum absolute atomic E-state index is 13.9. The predicted octanol–water partition coefficient (Wildman–Crippen LogP) is 4.37. The van der Waals surface area contributed by atoms with E-state index in [4.69, 9.17) is 0 Å². The molecule has 2 amide bonds. The van der Waals surface area contributed by atoms with Gasteiger partial charge in [-0.15, -0.1) is 0 Å². The highest BCUT2D eigenvalue weighted by Crippen LogP contribution is 2.32. The first-order valence-corrected chi connectivity index (χ1v) is 13.2. The van der Waals surface area contributed by atoms with Gasteiger partial charge in [-0.3, -0.25) is 9.59 Å². The van der Waals surface area contributed by atoms with E-state index in [-0.39, 0.29) is 29.9 Å². The number of anilines is 3. The van der Waals surface area contributed by atoms with E-state index >= 15 is 0 Å². The zero-order valence-corrected chi connectivity index (χ0v) is 23.6. The number of aliphatic hydroxyl groups is 1. The first-order chi connectivity index (χ1) is 20.2. The number of rotatable bonds is 10. The van der Waals surface area contributed by atoms with E-state index in [1.807, 2.05) is 43.3 Å². The highest BCUT2D eigenvalue weighted by molar-refractivity contribution is 6.44. The van der Waals surface area contributed by atoms with E-state index in [9.17, 15) is 36.6 Å². The lowest BCUT2D eigenvalue weighted by Gasteiger charge is -2.29. The number of likely N-dealkylation sites (N-methyl/N-ethyl adjacent to an activating group) is 1. The summed E-state index contributed by atoms with van der Waals surface area (Å²) < 4.78 is 67.4. The lowest BCUT2D eigenvalue weighted by atomic mass is 9.99. The summed E-state index contributed by atoms with van der Waals surface area (Å²) in [5, 5.41) is 18.5. The summed E-state index contributed by atoms with van der Waals surface area (Å²) in [7, 11) is 5.48. The molecule has 2 atom stereocenters. The molecule has 0 aliphatic carbocycles. The maximum atomic E-state index is 13.9. The summed E-state index contributed by atoms with van der Waals surface area (Å²) in [4.78, 5) is 29.5. The van der Waals surface area contributed by atoms with Crippen molar-refractivity contribution in [1.82, 2.24) is 5.32 Å². The van der Waals surface area contributed by atoms with Crippen LogP contribution in [0.1, 0.15) is 17.5 Å². The Kier molecular flexibility index (Phi) is 9.34. The molecule has 0 fully saturated rings. The van der Waals surface area contributed by atoms with Gasteiger partial charge < -0.3 is 20.2 Å². The van der Waals surface area contributed by atoms with Gasteiger partial charge in [-0.25, -0.2) is 8.78 Å². The molecule has 43 heavy (non-hydrogen) atoms. The first kappa shape index (κ1) is 31.4. The molecule has 1 heterocycles. The van der Waals surface area contributed by atoms with Crippen molar-refractivity contribution in [3.8, 4) is 0 Å². The van der Waals surface area contributed by atoms with Gasteiger partial charge in [-0.1, -0.05) is 12.1 Å². The Balaban J connectivity index is 1.56. The normalized spacial score (nSPS) is 14.8. The quantitative estimate of drug-likeness (QED) is 0.336. The Morgan fingerprint density at radius 1 is 1.00 bits per heavy atom. The third-order valence-electron chi connectivity index (χ3n) is 6.86. The third-order valence-corrected chi connectivity index (χ3v) is 6.86. The molecule has 0 saturated carbocycles. The molecule has 4 rings (SSSR count). The molecule has 0 saturated heterocycles. The van der Waals surface area contributed by atoms with Crippen LogP contribution in [0.4, 0.5) is 39.0 Å². The largest absolute Gasteiger partial charge is 0.416 e. The number of hydrogen-bond donors (Lipinski definition) is 2. The van der Waals surface area contributed by atoms with Crippen molar-refractivity contribution < 1.29 is 36.6 Å². The fourth-order valence-electron chi connectivity index (χ4n) is 4.61. The van der Waals surface area contributed by atoms with Crippen molar-refractivity contribution in [3.05, 3.63) is 89.5 Å². The number of hydrazone groups is 1. The third kappa shape index (κ3) is 7.86. The van der Waals surface area contributed by atoms with E-state index in [1.54, 1.807) is 11.9 Å². The second-order valence-electron chi connectivity index (χ2n) is 10.4. The van der Waals surface area contributed by atoms with Crippen LogP contribution < -0.4 is 20.1 Å². The van der Waals surface area contributed by atoms with Crippen molar-refractivity contribution in [2.24, 2.45) is 5.10 Å². The van der Waals surface area contributed by atoms with Crippen LogP contribution in [-0.2, 0) is 22.2 Å². The molecule has 1 aliphatic rings. The van der Waals surface area contributed by atoms with E-state index in [1.165, 1.54) is 6.07 Å². The lowest BCUT2D eigenvalue weighted by Crippen LogP contribution is -2.50. The van der Waals surface area contributed by atoms with Crippen molar-refractivity contribution in [2.45, 2.75) is 31.2 Å². The van der Waals surface area contributed by atoms with E-state index < -0.39 is 53.8 Å². The Labute approximate surface area is 245 Å². The van der Waals surface area contributed by atoms with Crippen LogP contribution in [0.3, 0.4) is 0 Å². The van der Waals surface area contributed by atoms with E-state index in [0.717, 1.165) is 41.7 Å². The number of nitrogens with one attached hydrogen (secondary N) is 1. The van der Waals surface area contributed by atoms with Gasteiger partial charge in [0, 0.05) is 45.1 Å². The molecule has 0 aromatic heterocycles. The Morgan fingerprint density at radius 2 is 1.65 bits per heavy atom. The SMILES string of the molecule is CN(C)c1cccc(N(C)C[C@@H](O)[C@H](Cc2cc(F)cc(F)c2)NC(=O)C2=NN(c3cccc(C(F)(F)F)c3)C(=O)C2)c1. The number of carbonyl (C=O) groups excluding carboxylic acids is 2. The van der Waals surface area contributed by atoms with Crippen LogP contribution in [0.2, 0.25) is 0 Å². The number of halogens is 5. The highest BCUT2D eigenvalue weighted by Gasteiger charge is 2.35. The van der Waals surface area contributed by atoms with Gasteiger partial charge in [0.1, 0.15) is 17.3 Å². The molecular formula is C30H30F5N5O3. The summed E-state index contributed by atoms with van der Waals surface area (Å²) in [6.07, 6.45) is -6.59. The number of aliphatic hydroxyl groups excluding tert-OH is 1. The number of alkyl halides is 3. The first-order valence-electron chi connectivity index (χ1n) is 13.2. The van der Waals surface area contributed by atoms with Gasteiger partial charge in [-0.05, 0) is 60.5 Å². The second-order valence-corrected chi connectivity index (χ2v) is 10.4. The monoisotopic (exact) mass is 603 g/mol. The van der Waals surface area contributed by atoms with Gasteiger partial charge >= 0.3 is 6.18 Å². The molecule has 2 N–H and O–H groups in total. The second kappa shape index (κ2) is 12.8. The fourth-order valence-corrected chi connectivity index (χ4v) is 4.61. The molecule has 0 spiro atoms. The summed E-state index contributed by atoms with van der Waals surface area (Å²) in [6, 6.07) is 13.2. The van der Waals surface area contributed by atoms with Crippen LogP contribution in [0.5, 0.6) is 0 Å². The fraction of sp³-hybridized carbons (Fsp3) is 0.300. The molecule has 13 heteroatoms. The standard InChI is InChI=1S/C30H30F5N5O3/c1-38(2)22-7-5-8-23(15-22)39(3)17-27(41)25(12-18-10-20(31)14-21(32)11-18)36-29(43)26-16-28(42)40(37-26)24-9-4-6-19(13-24)30(33,34)35/h4-11,13-15,25,27,41H,12,16-17H2,1-3H3,(H,36,43)/t25-,27+/m0/s1. The lowest BCUT2D eigenvalue weighted by molar-refractivity contribution is -0.137. The number of benzene rings is 3. The van der Waals surface area contributed by atoms with Crippen molar-refractivity contribution in [3.63, 3.8) is 0 Å². The van der Waals surface area contributed by atoms with Crippen molar-refractivity contribution >= 4 is 34.6 Å². The smallest absolute Gasteiger partial charge is 0.389 e. The average molecular weight is 604 g/mol. The Morgan fingerprint density at radius 3 is 2.30 bits per heavy atom. The number of amides is 2.